The van der Waals surface area contributed by atoms with Gasteiger partial charge >= 0.3 is 0 Å². The van der Waals surface area contributed by atoms with E-state index in [9.17, 15) is 9.90 Å². The lowest BCUT2D eigenvalue weighted by molar-refractivity contribution is -0.253. The van der Waals surface area contributed by atoms with E-state index in [4.69, 9.17) is 9.47 Å². The molecular formula is C40H44N2O4. The van der Waals surface area contributed by atoms with E-state index < -0.39 is 6.29 Å². The van der Waals surface area contributed by atoms with Crippen molar-refractivity contribution in [3.63, 3.8) is 0 Å². The van der Waals surface area contributed by atoms with Crippen LogP contribution in [0.5, 0.6) is 0 Å². The Balaban J connectivity index is 1.21. The van der Waals surface area contributed by atoms with E-state index in [-0.39, 0.29) is 24.7 Å². The van der Waals surface area contributed by atoms with Crippen molar-refractivity contribution in [2.75, 3.05) is 13.1 Å². The highest BCUT2D eigenvalue weighted by Crippen LogP contribution is 2.39. The van der Waals surface area contributed by atoms with Crippen molar-refractivity contribution in [1.82, 2.24) is 10.2 Å². The smallest absolute Gasteiger partial charge is 0.251 e. The molecule has 2 N–H and O–H groups in total. The Morgan fingerprint density at radius 3 is 2.33 bits per heavy atom. The van der Waals surface area contributed by atoms with E-state index in [1.54, 1.807) is 0 Å². The van der Waals surface area contributed by atoms with Gasteiger partial charge in [0.15, 0.2) is 6.29 Å². The van der Waals surface area contributed by atoms with Crippen molar-refractivity contribution in [3.8, 4) is 11.1 Å². The number of aliphatic hydroxyl groups is 1. The maximum Gasteiger partial charge on any atom is 0.251 e. The number of nitrogens with zero attached hydrogens (tertiary/aromatic N) is 1. The Morgan fingerprint density at radius 1 is 0.848 bits per heavy atom. The predicted molar refractivity (Wildman–Crippen MR) is 182 cm³/mol. The normalized spacial score (nSPS) is 20.1. The summed E-state index contributed by atoms with van der Waals surface area (Å²) in [5, 5.41) is 12.6. The first kappa shape index (κ1) is 31.9. The number of aliphatic hydroxyl groups excluding tert-OH is 1. The van der Waals surface area contributed by atoms with Crippen LogP contribution in [0.3, 0.4) is 0 Å². The average Bonchev–Trinajstić information content (AvgIpc) is 3.66. The van der Waals surface area contributed by atoms with Crippen LogP contribution < -0.4 is 5.32 Å². The van der Waals surface area contributed by atoms with Gasteiger partial charge < -0.3 is 19.9 Å². The number of benzene rings is 4. The maximum absolute atomic E-state index is 12.6. The fourth-order valence-corrected chi connectivity index (χ4v) is 6.70. The number of ether oxygens (including phenoxy) is 2. The zero-order chi connectivity index (χ0) is 31.7. The van der Waals surface area contributed by atoms with Crippen molar-refractivity contribution >= 4 is 5.91 Å². The first-order valence-electron chi connectivity index (χ1n) is 16.5. The molecule has 6 heteroatoms. The van der Waals surface area contributed by atoms with Crippen LogP contribution in [0.1, 0.15) is 77.1 Å². The monoisotopic (exact) mass is 616 g/mol. The van der Waals surface area contributed by atoms with Gasteiger partial charge in [-0.2, -0.15) is 0 Å². The molecule has 0 aromatic heterocycles. The number of hydrogen-bond donors (Lipinski definition) is 2. The van der Waals surface area contributed by atoms with Gasteiger partial charge in [0.1, 0.15) is 0 Å². The second-order valence-electron chi connectivity index (χ2n) is 12.4. The zero-order valence-electron chi connectivity index (χ0n) is 26.4. The van der Waals surface area contributed by atoms with Crippen LogP contribution in [0.15, 0.2) is 116 Å². The minimum atomic E-state index is -0.524. The van der Waals surface area contributed by atoms with E-state index in [1.807, 2.05) is 60.7 Å². The Hall–Kier alpha value is -4.07. The van der Waals surface area contributed by atoms with E-state index in [1.165, 1.54) is 25.7 Å². The van der Waals surface area contributed by atoms with Gasteiger partial charge in [0.25, 0.3) is 5.91 Å². The maximum atomic E-state index is 12.6. The molecule has 3 atom stereocenters. The van der Waals surface area contributed by atoms with Gasteiger partial charge in [-0.15, -0.1) is 6.58 Å². The van der Waals surface area contributed by atoms with Gasteiger partial charge in [0.05, 0.1) is 18.8 Å². The summed E-state index contributed by atoms with van der Waals surface area (Å²) in [6, 6.07) is 34.6. The molecule has 2 aliphatic rings. The first-order valence-corrected chi connectivity index (χ1v) is 16.5. The molecule has 46 heavy (non-hydrogen) atoms. The van der Waals surface area contributed by atoms with Crippen LogP contribution in [0, 0.1) is 0 Å². The van der Waals surface area contributed by atoms with Crippen molar-refractivity contribution in [3.05, 3.63) is 144 Å². The van der Waals surface area contributed by atoms with Crippen molar-refractivity contribution in [2.45, 2.75) is 69.8 Å². The van der Waals surface area contributed by atoms with E-state index in [0.29, 0.717) is 18.2 Å². The number of rotatable bonds is 12. The highest BCUT2D eigenvalue weighted by molar-refractivity contribution is 5.94. The molecule has 2 fully saturated rings. The lowest BCUT2D eigenvalue weighted by atomic mass is 9.98. The van der Waals surface area contributed by atoms with Crippen molar-refractivity contribution in [2.24, 2.45) is 0 Å². The van der Waals surface area contributed by atoms with Gasteiger partial charge in [0, 0.05) is 43.2 Å². The molecule has 1 heterocycles. The summed E-state index contributed by atoms with van der Waals surface area (Å²) in [4.78, 5) is 15.1. The standard InChI is InChI=1S/C40H44N2O4/c1-2-22-42(36-16-6-7-17-36)27-37-25-38(31-20-18-29(28-43)19-21-31)46-40(45-37)35-15-9-14-34(24-35)33-13-8-10-30(23-33)26-41-39(44)32-11-4-3-5-12-32/h2-5,8-15,18-21,23-24,36-38,40,43H,1,6-7,16-17,22,25-28H2,(H,41,44). The Labute approximate surface area is 272 Å². The molecule has 0 bridgehead atoms. The minimum Gasteiger partial charge on any atom is -0.392 e. The molecule has 1 saturated carbocycles. The molecular weight excluding hydrogens is 572 g/mol. The summed E-state index contributed by atoms with van der Waals surface area (Å²) >= 11 is 0. The summed E-state index contributed by atoms with van der Waals surface area (Å²) in [5.74, 6) is -0.0886. The number of carbonyl (C=O) groups is 1. The summed E-state index contributed by atoms with van der Waals surface area (Å²) in [6.45, 7) is 6.18. The first-order chi connectivity index (χ1) is 22.6. The van der Waals surface area contributed by atoms with Crippen LogP contribution >= 0.6 is 0 Å². The lowest BCUT2D eigenvalue weighted by Crippen LogP contribution is -2.43. The highest BCUT2D eigenvalue weighted by atomic mass is 16.7. The van der Waals surface area contributed by atoms with Gasteiger partial charge in [-0.05, 0) is 64.9 Å². The third-order valence-electron chi connectivity index (χ3n) is 9.17. The van der Waals surface area contributed by atoms with Gasteiger partial charge in [-0.3, -0.25) is 9.69 Å². The number of amides is 1. The molecule has 4 aromatic carbocycles. The molecule has 6 nitrogen and oxygen atoms in total. The fourth-order valence-electron chi connectivity index (χ4n) is 6.70. The van der Waals surface area contributed by atoms with Crippen LogP contribution in [-0.4, -0.2) is 41.1 Å². The Morgan fingerprint density at radius 2 is 1.59 bits per heavy atom. The van der Waals surface area contributed by atoms with Crippen LogP contribution in [-0.2, 0) is 22.6 Å². The van der Waals surface area contributed by atoms with Gasteiger partial charge in [-0.1, -0.05) is 97.8 Å². The number of nitrogens with one attached hydrogen (secondary N) is 1. The zero-order valence-corrected chi connectivity index (χ0v) is 26.4. The molecule has 0 spiro atoms. The molecule has 1 aliphatic carbocycles. The molecule has 1 saturated heterocycles. The van der Waals surface area contributed by atoms with Gasteiger partial charge in [-0.25, -0.2) is 0 Å². The molecule has 238 valence electrons. The molecule has 3 unspecified atom stereocenters. The van der Waals surface area contributed by atoms with E-state index >= 15 is 0 Å². The third-order valence-corrected chi connectivity index (χ3v) is 9.17. The highest BCUT2D eigenvalue weighted by Gasteiger charge is 2.34. The largest absolute Gasteiger partial charge is 0.392 e. The summed E-state index contributed by atoms with van der Waals surface area (Å²) in [6.07, 6.45) is 7.10. The molecule has 1 amide bonds. The molecule has 0 radical (unpaired) electrons. The molecule has 1 aliphatic heterocycles. The van der Waals surface area contributed by atoms with E-state index in [2.05, 4.69) is 65.3 Å². The van der Waals surface area contributed by atoms with Crippen LogP contribution in [0.4, 0.5) is 0 Å². The van der Waals surface area contributed by atoms with Gasteiger partial charge in [0.2, 0.25) is 0 Å². The quantitative estimate of drug-likeness (QED) is 0.159. The average molecular weight is 617 g/mol. The minimum absolute atomic E-state index is 0.0120. The molecule has 6 rings (SSSR count). The number of carbonyl (C=O) groups excluding carboxylic acids is 1. The van der Waals surface area contributed by atoms with Crippen LogP contribution in [0.2, 0.25) is 0 Å². The predicted octanol–water partition coefficient (Wildman–Crippen LogP) is 7.75. The second kappa shape index (κ2) is 15.5. The molecule has 4 aromatic rings. The Kier molecular flexibility index (Phi) is 10.7. The van der Waals surface area contributed by atoms with Crippen molar-refractivity contribution in [1.29, 1.82) is 0 Å². The lowest BCUT2D eigenvalue weighted by Gasteiger charge is -2.39. The Bertz CT molecular complexity index is 1580. The van der Waals surface area contributed by atoms with Crippen molar-refractivity contribution < 1.29 is 19.4 Å². The fraction of sp³-hybridized carbons (Fsp3) is 0.325. The topological polar surface area (TPSA) is 71.0 Å². The SMILES string of the molecule is C=CCN(CC1CC(c2ccc(CO)cc2)OC(c2cccc(-c3cccc(CNC(=O)c4ccccc4)c3)c2)O1)C1CCCC1. The van der Waals surface area contributed by atoms with E-state index in [0.717, 1.165) is 52.9 Å². The summed E-state index contributed by atoms with van der Waals surface area (Å²) < 4.78 is 13.4. The third kappa shape index (κ3) is 8.01. The summed E-state index contributed by atoms with van der Waals surface area (Å²) in [5.41, 5.74) is 6.75. The van der Waals surface area contributed by atoms with Crippen LogP contribution in [0.25, 0.3) is 11.1 Å². The summed E-state index contributed by atoms with van der Waals surface area (Å²) in [7, 11) is 0. The number of hydrogen-bond acceptors (Lipinski definition) is 5. The second-order valence-corrected chi connectivity index (χ2v) is 12.4.